The molecule has 0 aliphatic heterocycles. The molecule has 3 fully saturated rings. The minimum atomic E-state index is -0.115. The fourth-order valence-electron chi connectivity index (χ4n) is 2.43. The highest BCUT2D eigenvalue weighted by molar-refractivity contribution is 5.66. The Morgan fingerprint density at radius 2 is 1.73 bits per heavy atom. The molecule has 0 aromatic rings. The van der Waals surface area contributed by atoms with E-state index in [2.05, 4.69) is 0 Å². The van der Waals surface area contributed by atoms with Gasteiger partial charge in [-0.1, -0.05) is 0 Å². The molecular weight excluding hydrogens is 140 g/mol. The summed E-state index contributed by atoms with van der Waals surface area (Å²) >= 11 is 0. The van der Waals surface area contributed by atoms with Gasteiger partial charge in [-0.05, 0) is 37.5 Å². The van der Waals surface area contributed by atoms with Crippen molar-refractivity contribution in [2.45, 2.75) is 38.7 Å². The van der Waals surface area contributed by atoms with E-state index in [4.69, 9.17) is 4.74 Å². The molecule has 0 unspecified atom stereocenters. The lowest BCUT2D eigenvalue weighted by molar-refractivity contribution is -0.152. The second kappa shape index (κ2) is 2.50. The molecule has 0 aromatic heterocycles. The van der Waals surface area contributed by atoms with Gasteiger partial charge in [0, 0.05) is 6.92 Å². The van der Waals surface area contributed by atoms with Gasteiger partial charge in [0.2, 0.25) is 0 Å². The Labute approximate surface area is 66.9 Å². The standard InChI is InChI=1S/C9H14O2/c1-6(10)11-9-4-7-2-8(3-7)5-9/h7-9H,2-5H2,1H3. The van der Waals surface area contributed by atoms with Crippen molar-refractivity contribution >= 4 is 5.97 Å². The smallest absolute Gasteiger partial charge is 0.302 e. The topological polar surface area (TPSA) is 26.3 Å². The average molecular weight is 154 g/mol. The van der Waals surface area contributed by atoms with Gasteiger partial charge in [0.15, 0.2) is 0 Å². The van der Waals surface area contributed by atoms with Crippen LogP contribution in [0.2, 0.25) is 0 Å². The van der Waals surface area contributed by atoms with E-state index in [1.54, 1.807) is 0 Å². The van der Waals surface area contributed by atoms with Gasteiger partial charge < -0.3 is 4.74 Å². The summed E-state index contributed by atoms with van der Waals surface area (Å²) in [6, 6.07) is 0. The second-order valence-electron chi connectivity index (χ2n) is 3.91. The van der Waals surface area contributed by atoms with Crippen molar-refractivity contribution in [3.05, 3.63) is 0 Å². The summed E-state index contributed by atoms with van der Waals surface area (Å²) in [5.41, 5.74) is 0. The Balaban J connectivity index is 1.83. The molecule has 2 heteroatoms. The molecule has 3 aliphatic rings. The molecule has 0 spiro atoms. The van der Waals surface area contributed by atoms with Crippen LogP contribution < -0.4 is 0 Å². The molecule has 0 radical (unpaired) electrons. The van der Waals surface area contributed by atoms with Crippen LogP contribution in [-0.4, -0.2) is 12.1 Å². The third-order valence-corrected chi connectivity index (χ3v) is 2.86. The first-order valence-corrected chi connectivity index (χ1v) is 4.41. The lowest BCUT2D eigenvalue weighted by Crippen LogP contribution is -2.38. The minimum absolute atomic E-state index is 0.115. The van der Waals surface area contributed by atoms with Crippen LogP contribution in [0.4, 0.5) is 0 Å². The summed E-state index contributed by atoms with van der Waals surface area (Å²) in [6.07, 6.45) is 5.27. The zero-order valence-corrected chi connectivity index (χ0v) is 6.88. The summed E-state index contributed by atoms with van der Waals surface area (Å²) in [5.74, 6) is 1.63. The maximum Gasteiger partial charge on any atom is 0.302 e. The minimum Gasteiger partial charge on any atom is -0.463 e. The van der Waals surface area contributed by atoms with E-state index in [-0.39, 0.29) is 12.1 Å². The fourth-order valence-corrected chi connectivity index (χ4v) is 2.43. The average Bonchev–Trinajstić information content (AvgIpc) is 1.83. The number of hydrogen-bond acceptors (Lipinski definition) is 2. The predicted molar refractivity (Wildman–Crippen MR) is 41.0 cm³/mol. The molecule has 0 amide bonds. The lowest BCUT2D eigenvalue weighted by Gasteiger charge is -2.44. The number of rotatable bonds is 1. The maximum absolute atomic E-state index is 10.6. The molecule has 3 saturated carbocycles. The molecule has 0 aromatic carbocycles. The first-order valence-electron chi connectivity index (χ1n) is 4.41. The van der Waals surface area contributed by atoms with Crippen LogP contribution in [-0.2, 0) is 9.53 Å². The number of hydrogen-bond donors (Lipinski definition) is 0. The third-order valence-electron chi connectivity index (χ3n) is 2.86. The molecule has 3 rings (SSSR count). The van der Waals surface area contributed by atoms with Crippen LogP contribution in [0, 0.1) is 11.8 Å². The Bertz CT molecular complexity index is 160. The number of carbonyl (C=O) groups excluding carboxylic acids is 1. The molecular formula is C9H14O2. The van der Waals surface area contributed by atoms with Crippen molar-refractivity contribution in [2.75, 3.05) is 0 Å². The van der Waals surface area contributed by atoms with Gasteiger partial charge in [-0.3, -0.25) is 4.79 Å². The number of fused-ring (bicyclic) bond motifs is 2. The maximum atomic E-state index is 10.6. The molecule has 0 heterocycles. The highest BCUT2D eigenvalue weighted by Gasteiger charge is 2.39. The zero-order chi connectivity index (χ0) is 7.84. The number of carbonyl (C=O) groups is 1. The van der Waals surface area contributed by atoms with Crippen LogP contribution in [0.25, 0.3) is 0 Å². The largest absolute Gasteiger partial charge is 0.463 e. The van der Waals surface area contributed by atoms with Crippen molar-refractivity contribution < 1.29 is 9.53 Å². The van der Waals surface area contributed by atoms with Crippen LogP contribution in [0.1, 0.15) is 32.6 Å². The molecule has 11 heavy (non-hydrogen) atoms. The van der Waals surface area contributed by atoms with Gasteiger partial charge in [0.1, 0.15) is 6.10 Å². The molecule has 62 valence electrons. The third kappa shape index (κ3) is 1.39. The predicted octanol–water partition coefficient (Wildman–Crippen LogP) is 1.74. The molecule has 0 atom stereocenters. The highest BCUT2D eigenvalue weighted by atomic mass is 16.5. The molecule has 3 aliphatic carbocycles. The summed E-state index contributed by atoms with van der Waals surface area (Å²) in [6.45, 7) is 1.50. The van der Waals surface area contributed by atoms with E-state index in [1.165, 1.54) is 19.8 Å². The SMILES string of the molecule is CC(=O)OC1CC2CC(C2)C1. The van der Waals surface area contributed by atoms with E-state index >= 15 is 0 Å². The van der Waals surface area contributed by atoms with E-state index in [0.29, 0.717) is 0 Å². The molecule has 2 bridgehead atoms. The molecule has 0 N–H and O–H groups in total. The monoisotopic (exact) mass is 154 g/mol. The Hall–Kier alpha value is -0.530. The Morgan fingerprint density at radius 1 is 1.18 bits per heavy atom. The Kier molecular flexibility index (Phi) is 1.63. The van der Waals surface area contributed by atoms with Gasteiger partial charge in [-0.2, -0.15) is 0 Å². The van der Waals surface area contributed by atoms with Gasteiger partial charge in [-0.15, -0.1) is 0 Å². The van der Waals surface area contributed by atoms with Gasteiger partial charge >= 0.3 is 5.97 Å². The summed E-state index contributed by atoms with van der Waals surface area (Å²) in [4.78, 5) is 10.6. The summed E-state index contributed by atoms with van der Waals surface area (Å²) in [7, 11) is 0. The second-order valence-corrected chi connectivity index (χ2v) is 3.91. The zero-order valence-electron chi connectivity index (χ0n) is 6.88. The first kappa shape index (κ1) is 7.14. The van der Waals surface area contributed by atoms with Crippen molar-refractivity contribution in [2.24, 2.45) is 11.8 Å². The van der Waals surface area contributed by atoms with Crippen LogP contribution in [0.3, 0.4) is 0 Å². The van der Waals surface area contributed by atoms with E-state index in [0.717, 1.165) is 24.7 Å². The van der Waals surface area contributed by atoms with Crippen LogP contribution >= 0.6 is 0 Å². The van der Waals surface area contributed by atoms with Crippen molar-refractivity contribution in [3.63, 3.8) is 0 Å². The lowest BCUT2D eigenvalue weighted by atomic mass is 9.64. The van der Waals surface area contributed by atoms with Gasteiger partial charge in [0.05, 0.1) is 0 Å². The van der Waals surface area contributed by atoms with Crippen LogP contribution in [0.15, 0.2) is 0 Å². The van der Waals surface area contributed by atoms with Crippen molar-refractivity contribution in [1.82, 2.24) is 0 Å². The highest BCUT2D eigenvalue weighted by Crippen LogP contribution is 2.46. The van der Waals surface area contributed by atoms with E-state index in [9.17, 15) is 4.79 Å². The molecule has 2 nitrogen and oxygen atoms in total. The number of ether oxygens (including phenoxy) is 1. The number of esters is 1. The quantitative estimate of drug-likeness (QED) is 0.538. The van der Waals surface area contributed by atoms with Crippen molar-refractivity contribution in [1.29, 1.82) is 0 Å². The summed E-state index contributed by atoms with van der Waals surface area (Å²) < 4.78 is 5.15. The first-order chi connectivity index (χ1) is 5.24. The van der Waals surface area contributed by atoms with E-state index < -0.39 is 0 Å². The normalized spacial score (nSPS) is 41.0. The van der Waals surface area contributed by atoms with Gasteiger partial charge in [0.25, 0.3) is 0 Å². The fraction of sp³-hybridized carbons (Fsp3) is 0.889. The van der Waals surface area contributed by atoms with Gasteiger partial charge in [-0.25, -0.2) is 0 Å². The molecule has 0 saturated heterocycles. The van der Waals surface area contributed by atoms with Crippen LogP contribution in [0.5, 0.6) is 0 Å². The van der Waals surface area contributed by atoms with E-state index in [1.807, 2.05) is 0 Å². The Morgan fingerprint density at radius 3 is 2.18 bits per heavy atom. The van der Waals surface area contributed by atoms with Crippen molar-refractivity contribution in [3.8, 4) is 0 Å². The summed E-state index contributed by atoms with van der Waals surface area (Å²) in [5, 5.41) is 0.